The molecule has 80 valence electrons. The maximum Gasteiger partial charge on any atom is 0.328 e. The van der Waals surface area contributed by atoms with E-state index in [9.17, 15) is 4.79 Å². The van der Waals surface area contributed by atoms with Gasteiger partial charge in [0.2, 0.25) is 0 Å². The van der Waals surface area contributed by atoms with Crippen molar-refractivity contribution in [2.75, 3.05) is 0 Å². The normalized spacial score (nSPS) is 10.8. The first-order valence-electron chi connectivity index (χ1n) is 4.68. The Morgan fingerprint density at radius 2 is 2.00 bits per heavy atom. The molecule has 16 heavy (non-hydrogen) atoms. The van der Waals surface area contributed by atoms with Crippen molar-refractivity contribution >= 4 is 12.0 Å². The summed E-state index contributed by atoms with van der Waals surface area (Å²) < 4.78 is 5.00. The predicted octanol–water partition coefficient (Wildman–Crippen LogP) is 2.44. The summed E-state index contributed by atoms with van der Waals surface area (Å²) in [5.74, 6) is -0.270. The van der Waals surface area contributed by atoms with Gasteiger partial charge in [0, 0.05) is 17.7 Å². The minimum atomic E-state index is -0.959. The minimum Gasteiger partial charge on any atom is -0.478 e. The first-order chi connectivity index (χ1) is 7.75. The van der Waals surface area contributed by atoms with E-state index in [2.05, 4.69) is 5.16 Å². The van der Waals surface area contributed by atoms with Crippen LogP contribution in [0.25, 0.3) is 17.4 Å². The Balaban J connectivity index is 2.20. The predicted molar refractivity (Wildman–Crippen MR) is 58.6 cm³/mol. The van der Waals surface area contributed by atoms with Gasteiger partial charge in [0.15, 0.2) is 5.76 Å². The van der Waals surface area contributed by atoms with Crippen molar-refractivity contribution in [2.24, 2.45) is 0 Å². The van der Waals surface area contributed by atoms with E-state index in [0.29, 0.717) is 5.76 Å². The molecule has 1 N–H and O–H groups in total. The summed E-state index contributed by atoms with van der Waals surface area (Å²) in [5.41, 5.74) is 1.73. The molecule has 0 amide bonds. The number of hydrogen-bond acceptors (Lipinski definition) is 3. The molecule has 2 aromatic rings. The molecule has 0 fully saturated rings. The van der Waals surface area contributed by atoms with Gasteiger partial charge in [-0.1, -0.05) is 29.4 Å². The Morgan fingerprint density at radius 3 is 2.56 bits per heavy atom. The quantitative estimate of drug-likeness (QED) is 0.798. The molecule has 1 aromatic heterocycles. The molecule has 0 bridgehead atoms. The molecule has 1 aromatic carbocycles. The van der Waals surface area contributed by atoms with Crippen LogP contribution in [0, 0.1) is 0 Å². The van der Waals surface area contributed by atoms with Gasteiger partial charge in [-0.2, -0.15) is 0 Å². The van der Waals surface area contributed by atoms with Crippen LogP contribution in [0.1, 0.15) is 5.56 Å². The number of aromatic nitrogens is 1. The molecule has 4 heteroatoms. The van der Waals surface area contributed by atoms with Crippen molar-refractivity contribution in [3.63, 3.8) is 0 Å². The Hall–Kier alpha value is -2.36. The lowest BCUT2D eigenvalue weighted by Gasteiger charge is -1.96. The van der Waals surface area contributed by atoms with Crippen LogP contribution in [0.15, 0.2) is 47.1 Å². The highest BCUT2D eigenvalue weighted by atomic mass is 16.5. The Bertz CT molecular complexity index is 498. The average molecular weight is 215 g/mol. The highest BCUT2D eigenvalue weighted by Gasteiger charge is 2.00. The summed E-state index contributed by atoms with van der Waals surface area (Å²) in [5, 5.41) is 12.1. The maximum atomic E-state index is 10.3. The van der Waals surface area contributed by atoms with E-state index in [-0.39, 0.29) is 0 Å². The van der Waals surface area contributed by atoms with Crippen LogP contribution in [0.5, 0.6) is 0 Å². The molecule has 4 nitrogen and oxygen atoms in total. The molecule has 0 aliphatic rings. The summed E-state index contributed by atoms with van der Waals surface area (Å²) in [4.78, 5) is 10.3. The van der Waals surface area contributed by atoms with Crippen LogP contribution in [0.2, 0.25) is 0 Å². The van der Waals surface area contributed by atoms with Gasteiger partial charge in [-0.25, -0.2) is 4.79 Å². The van der Waals surface area contributed by atoms with E-state index in [1.165, 1.54) is 6.08 Å². The summed E-state index contributed by atoms with van der Waals surface area (Å²) >= 11 is 0. The van der Waals surface area contributed by atoms with Crippen LogP contribution in [0.3, 0.4) is 0 Å². The van der Waals surface area contributed by atoms with Gasteiger partial charge in [-0.05, 0) is 11.6 Å². The largest absolute Gasteiger partial charge is 0.478 e. The van der Waals surface area contributed by atoms with Crippen molar-refractivity contribution < 1.29 is 14.4 Å². The SMILES string of the molecule is O=C(O)C=Cc1ccc(-c2ccno2)cc1. The van der Waals surface area contributed by atoms with E-state index in [1.807, 2.05) is 24.3 Å². The molecule has 0 atom stereocenters. The molecule has 0 aliphatic heterocycles. The fourth-order valence-corrected chi connectivity index (χ4v) is 1.29. The number of carboxylic acid groups (broad SMARTS) is 1. The molecular formula is C12H9NO3. The summed E-state index contributed by atoms with van der Waals surface area (Å²) in [6.45, 7) is 0. The lowest BCUT2D eigenvalue weighted by atomic mass is 10.1. The van der Waals surface area contributed by atoms with Gasteiger partial charge >= 0.3 is 5.97 Å². The average Bonchev–Trinajstić information content (AvgIpc) is 2.80. The molecule has 2 rings (SSSR count). The van der Waals surface area contributed by atoms with Gasteiger partial charge in [-0.15, -0.1) is 0 Å². The minimum absolute atomic E-state index is 0.689. The zero-order valence-electron chi connectivity index (χ0n) is 8.33. The van der Waals surface area contributed by atoms with Gasteiger partial charge in [0.25, 0.3) is 0 Å². The number of benzene rings is 1. The third-order valence-electron chi connectivity index (χ3n) is 2.05. The Kier molecular flexibility index (Phi) is 2.82. The second kappa shape index (κ2) is 4.44. The van der Waals surface area contributed by atoms with Crippen LogP contribution in [0.4, 0.5) is 0 Å². The smallest absolute Gasteiger partial charge is 0.328 e. The third kappa shape index (κ3) is 2.36. The monoisotopic (exact) mass is 215 g/mol. The van der Waals surface area contributed by atoms with Crippen LogP contribution in [-0.2, 0) is 4.79 Å². The first kappa shape index (κ1) is 10.2. The van der Waals surface area contributed by atoms with Gasteiger partial charge in [-0.3, -0.25) is 0 Å². The van der Waals surface area contributed by atoms with Crippen LogP contribution in [-0.4, -0.2) is 16.2 Å². The fraction of sp³-hybridized carbons (Fsp3) is 0. The molecule has 0 radical (unpaired) electrons. The van der Waals surface area contributed by atoms with Crippen molar-refractivity contribution in [1.82, 2.24) is 5.16 Å². The highest BCUT2D eigenvalue weighted by Crippen LogP contribution is 2.19. The molecule has 0 saturated heterocycles. The molecule has 0 spiro atoms. The van der Waals surface area contributed by atoms with E-state index < -0.39 is 5.97 Å². The zero-order chi connectivity index (χ0) is 11.4. The van der Waals surface area contributed by atoms with Crippen LogP contribution >= 0.6 is 0 Å². The molecule has 0 aliphatic carbocycles. The summed E-state index contributed by atoms with van der Waals surface area (Å²) in [6, 6.07) is 9.10. The van der Waals surface area contributed by atoms with E-state index in [4.69, 9.17) is 9.63 Å². The number of carbonyl (C=O) groups is 1. The molecule has 1 heterocycles. The van der Waals surface area contributed by atoms with E-state index in [1.54, 1.807) is 12.3 Å². The standard InChI is InChI=1S/C12H9NO3/c14-12(15)6-3-9-1-4-10(5-2-9)11-7-8-13-16-11/h1-8H,(H,14,15). The summed E-state index contributed by atoms with van der Waals surface area (Å²) in [6.07, 6.45) is 4.21. The lowest BCUT2D eigenvalue weighted by Crippen LogP contribution is -1.85. The van der Waals surface area contributed by atoms with Crippen molar-refractivity contribution in [1.29, 1.82) is 0 Å². The van der Waals surface area contributed by atoms with Gasteiger partial charge in [0.05, 0.1) is 6.20 Å². The lowest BCUT2D eigenvalue weighted by molar-refractivity contribution is -0.131. The first-order valence-corrected chi connectivity index (χ1v) is 4.68. The third-order valence-corrected chi connectivity index (χ3v) is 2.05. The molecule has 0 unspecified atom stereocenters. The number of aliphatic carboxylic acids is 1. The Labute approximate surface area is 91.8 Å². The summed E-state index contributed by atoms with van der Waals surface area (Å²) in [7, 11) is 0. The van der Waals surface area contributed by atoms with Crippen molar-refractivity contribution in [3.8, 4) is 11.3 Å². The van der Waals surface area contributed by atoms with Crippen molar-refractivity contribution in [2.45, 2.75) is 0 Å². The topological polar surface area (TPSA) is 63.3 Å². The van der Waals surface area contributed by atoms with Gasteiger partial charge in [0.1, 0.15) is 0 Å². The number of hydrogen-bond donors (Lipinski definition) is 1. The van der Waals surface area contributed by atoms with Crippen molar-refractivity contribution in [3.05, 3.63) is 48.2 Å². The molecular weight excluding hydrogens is 206 g/mol. The second-order valence-electron chi connectivity index (χ2n) is 3.17. The highest BCUT2D eigenvalue weighted by molar-refractivity contribution is 5.85. The maximum absolute atomic E-state index is 10.3. The zero-order valence-corrected chi connectivity index (χ0v) is 8.33. The van der Waals surface area contributed by atoms with E-state index in [0.717, 1.165) is 17.2 Å². The number of carboxylic acids is 1. The van der Waals surface area contributed by atoms with E-state index >= 15 is 0 Å². The molecule has 0 saturated carbocycles. The van der Waals surface area contributed by atoms with Crippen LogP contribution < -0.4 is 0 Å². The number of nitrogens with zero attached hydrogens (tertiary/aromatic N) is 1. The number of rotatable bonds is 3. The fourth-order valence-electron chi connectivity index (χ4n) is 1.29. The second-order valence-corrected chi connectivity index (χ2v) is 3.17. The van der Waals surface area contributed by atoms with Gasteiger partial charge < -0.3 is 9.63 Å². The Morgan fingerprint density at radius 1 is 1.25 bits per heavy atom.